The molecule has 0 atom stereocenters. The van der Waals surface area contributed by atoms with Gasteiger partial charge in [-0.15, -0.1) is 5.10 Å². The molecule has 2 heterocycles. The number of fused-ring (bicyclic) bond motifs is 1. The number of rotatable bonds is 4. The number of aryl methyl sites for hydroxylation is 1. The summed E-state index contributed by atoms with van der Waals surface area (Å²) in [6.07, 6.45) is 0. The third-order valence-electron chi connectivity index (χ3n) is 4.68. The molecule has 3 aromatic rings. The van der Waals surface area contributed by atoms with E-state index < -0.39 is 17.0 Å². The number of nitrogens with zero attached hydrogens (tertiary/aromatic N) is 4. The van der Waals surface area contributed by atoms with Crippen molar-refractivity contribution in [3.8, 4) is 0 Å². The molecule has 0 saturated carbocycles. The highest BCUT2D eigenvalue weighted by Gasteiger charge is 2.26. The quantitative estimate of drug-likeness (QED) is 0.696. The minimum Gasteiger partial charge on any atom is -0.324 e. The number of aromatic nitrogens is 3. The van der Waals surface area contributed by atoms with Gasteiger partial charge in [0, 0.05) is 24.5 Å². The van der Waals surface area contributed by atoms with Crippen LogP contribution in [0.15, 0.2) is 64.2 Å². The van der Waals surface area contributed by atoms with Gasteiger partial charge in [-0.3, -0.25) is 19.0 Å². The second-order valence-electron chi connectivity index (χ2n) is 6.57. The number of amides is 1. The van der Waals surface area contributed by atoms with Gasteiger partial charge in [-0.2, -0.15) is 0 Å². The van der Waals surface area contributed by atoms with Crippen molar-refractivity contribution in [1.29, 1.82) is 0 Å². The molecular weight excluding hydrogens is 358 g/mol. The predicted octanol–water partition coefficient (Wildman–Crippen LogP) is 1.50. The fourth-order valence-electron chi connectivity index (χ4n) is 3.22. The van der Waals surface area contributed by atoms with Crippen molar-refractivity contribution in [3.05, 3.63) is 80.9 Å². The summed E-state index contributed by atoms with van der Waals surface area (Å²) in [5.41, 5.74) is 0.950. The molecule has 2 aromatic carbocycles. The highest BCUT2D eigenvalue weighted by molar-refractivity contribution is 5.91. The standard InChI is InChI=1S/C20H19N5O3/c1-14-7-5-6-10-16(14)21-17(26)13-25-19(28)18(27)24-12-11-23(20(24)22-25)15-8-3-2-4-9-15/h2-10H,11-13H2,1H3,(H,21,26). The van der Waals surface area contributed by atoms with E-state index in [-0.39, 0.29) is 6.54 Å². The third-order valence-corrected chi connectivity index (χ3v) is 4.68. The molecule has 0 aliphatic carbocycles. The molecule has 0 bridgehead atoms. The Morgan fingerprint density at radius 2 is 1.71 bits per heavy atom. The molecule has 28 heavy (non-hydrogen) atoms. The minimum atomic E-state index is -0.807. The van der Waals surface area contributed by atoms with Crippen molar-refractivity contribution in [1.82, 2.24) is 14.3 Å². The van der Waals surface area contributed by atoms with Gasteiger partial charge in [0.1, 0.15) is 6.54 Å². The molecule has 1 aromatic heterocycles. The maximum atomic E-state index is 12.5. The third kappa shape index (κ3) is 3.20. The molecule has 0 saturated heterocycles. The van der Waals surface area contributed by atoms with Crippen LogP contribution in [0.5, 0.6) is 0 Å². The summed E-state index contributed by atoms with van der Waals surface area (Å²) in [6, 6.07) is 16.8. The smallest absolute Gasteiger partial charge is 0.324 e. The average molecular weight is 377 g/mol. The lowest BCUT2D eigenvalue weighted by molar-refractivity contribution is -0.117. The van der Waals surface area contributed by atoms with E-state index in [9.17, 15) is 14.4 Å². The molecule has 8 nitrogen and oxygen atoms in total. The van der Waals surface area contributed by atoms with Gasteiger partial charge in [0.25, 0.3) is 0 Å². The zero-order chi connectivity index (χ0) is 19.7. The van der Waals surface area contributed by atoms with Crippen LogP contribution in [0.4, 0.5) is 17.3 Å². The summed E-state index contributed by atoms with van der Waals surface area (Å²) < 4.78 is 2.29. The van der Waals surface area contributed by atoms with E-state index in [0.29, 0.717) is 24.7 Å². The van der Waals surface area contributed by atoms with Gasteiger partial charge in [-0.1, -0.05) is 36.4 Å². The number of carbonyl (C=O) groups excluding carboxylic acids is 1. The van der Waals surface area contributed by atoms with Crippen LogP contribution in [0.1, 0.15) is 5.56 Å². The fourth-order valence-corrected chi connectivity index (χ4v) is 3.22. The molecule has 142 valence electrons. The van der Waals surface area contributed by atoms with Gasteiger partial charge < -0.3 is 10.2 Å². The van der Waals surface area contributed by atoms with E-state index in [4.69, 9.17) is 0 Å². The first kappa shape index (κ1) is 17.7. The summed E-state index contributed by atoms with van der Waals surface area (Å²) in [5.74, 6) is -0.0583. The van der Waals surface area contributed by atoms with Gasteiger partial charge in [-0.25, -0.2) is 4.68 Å². The number of para-hydroxylation sites is 2. The van der Waals surface area contributed by atoms with Crippen molar-refractivity contribution in [2.24, 2.45) is 0 Å². The van der Waals surface area contributed by atoms with E-state index in [2.05, 4.69) is 10.4 Å². The lowest BCUT2D eigenvalue weighted by Crippen LogP contribution is -2.44. The molecule has 4 rings (SSSR count). The number of nitrogens with one attached hydrogen (secondary N) is 1. The Hall–Kier alpha value is -3.68. The van der Waals surface area contributed by atoms with Crippen LogP contribution < -0.4 is 21.3 Å². The van der Waals surface area contributed by atoms with E-state index in [1.54, 1.807) is 6.07 Å². The van der Waals surface area contributed by atoms with Crippen LogP contribution >= 0.6 is 0 Å². The van der Waals surface area contributed by atoms with Gasteiger partial charge in [0.2, 0.25) is 11.9 Å². The summed E-state index contributed by atoms with van der Waals surface area (Å²) in [6.45, 7) is 2.45. The second kappa shape index (κ2) is 7.15. The average Bonchev–Trinajstić information content (AvgIpc) is 3.12. The number of hydrogen-bond donors (Lipinski definition) is 1. The van der Waals surface area contributed by atoms with Gasteiger partial charge >= 0.3 is 11.1 Å². The Labute approximate surface area is 160 Å². The molecule has 0 spiro atoms. The molecule has 0 radical (unpaired) electrons. The number of benzene rings is 2. The van der Waals surface area contributed by atoms with Gasteiger partial charge in [-0.05, 0) is 30.7 Å². The Bertz CT molecular complexity index is 1150. The lowest BCUT2D eigenvalue weighted by atomic mass is 10.2. The maximum absolute atomic E-state index is 12.5. The Balaban J connectivity index is 1.65. The minimum absolute atomic E-state index is 0.334. The predicted molar refractivity (Wildman–Crippen MR) is 106 cm³/mol. The summed E-state index contributed by atoms with van der Waals surface area (Å²) in [5, 5.41) is 7.06. The molecule has 8 heteroatoms. The number of carbonyl (C=O) groups is 1. The Kier molecular flexibility index (Phi) is 4.52. The normalized spacial score (nSPS) is 12.7. The molecule has 1 aliphatic heterocycles. The van der Waals surface area contributed by atoms with E-state index in [0.717, 1.165) is 15.9 Å². The van der Waals surface area contributed by atoms with Gasteiger partial charge in [0.05, 0.1) is 0 Å². The van der Waals surface area contributed by atoms with Crippen LogP contribution in [0.3, 0.4) is 0 Å². The van der Waals surface area contributed by atoms with E-state index >= 15 is 0 Å². The number of anilines is 3. The van der Waals surface area contributed by atoms with Crippen molar-refractivity contribution in [2.75, 3.05) is 16.8 Å². The van der Waals surface area contributed by atoms with Crippen molar-refractivity contribution >= 4 is 23.2 Å². The molecular formula is C20H19N5O3. The first-order valence-corrected chi connectivity index (χ1v) is 8.94. The fraction of sp³-hybridized carbons (Fsp3) is 0.200. The van der Waals surface area contributed by atoms with Gasteiger partial charge in [0.15, 0.2) is 0 Å². The monoisotopic (exact) mass is 377 g/mol. The summed E-state index contributed by atoms with van der Waals surface area (Å²) in [7, 11) is 0. The zero-order valence-corrected chi connectivity index (χ0v) is 15.3. The molecule has 0 fully saturated rings. The largest absolute Gasteiger partial charge is 0.333 e. The molecule has 0 unspecified atom stereocenters. The first-order chi connectivity index (χ1) is 13.5. The lowest BCUT2D eigenvalue weighted by Gasteiger charge is -2.17. The van der Waals surface area contributed by atoms with Crippen molar-refractivity contribution in [3.63, 3.8) is 0 Å². The maximum Gasteiger partial charge on any atom is 0.333 e. The van der Waals surface area contributed by atoms with Crippen LogP contribution in [-0.2, 0) is 17.9 Å². The van der Waals surface area contributed by atoms with Crippen LogP contribution in [0, 0.1) is 6.92 Å². The van der Waals surface area contributed by atoms with Crippen LogP contribution in [0.25, 0.3) is 0 Å². The van der Waals surface area contributed by atoms with E-state index in [1.165, 1.54) is 4.57 Å². The summed E-state index contributed by atoms with van der Waals surface area (Å²) >= 11 is 0. The zero-order valence-electron chi connectivity index (χ0n) is 15.3. The SMILES string of the molecule is Cc1ccccc1NC(=O)Cn1nc2n(c(=O)c1=O)CCN2c1ccccc1. The number of hydrogen-bond acceptors (Lipinski definition) is 5. The molecule has 1 amide bonds. The van der Waals surface area contributed by atoms with E-state index in [1.807, 2.05) is 60.4 Å². The van der Waals surface area contributed by atoms with Crippen molar-refractivity contribution < 1.29 is 4.79 Å². The summed E-state index contributed by atoms with van der Waals surface area (Å²) in [4.78, 5) is 39.2. The van der Waals surface area contributed by atoms with Crippen LogP contribution in [0.2, 0.25) is 0 Å². The Morgan fingerprint density at radius 1 is 1.00 bits per heavy atom. The Morgan fingerprint density at radius 3 is 2.46 bits per heavy atom. The highest BCUT2D eigenvalue weighted by Crippen LogP contribution is 2.25. The second-order valence-corrected chi connectivity index (χ2v) is 6.57. The topological polar surface area (TPSA) is 89.2 Å². The highest BCUT2D eigenvalue weighted by atomic mass is 16.2. The van der Waals surface area contributed by atoms with Crippen LogP contribution in [-0.4, -0.2) is 26.8 Å². The first-order valence-electron chi connectivity index (χ1n) is 8.94. The van der Waals surface area contributed by atoms with Crippen molar-refractivity contribution in [2.45, 2.75) is 20.0 Å². The molecule has 1 aliphatic rings. The molecule has 1 N–H and O–H groups in total.